The highest BCUT2D eigenvalue weighted by Crippen LogP contribution is 2.24. The first-order valence-corrected chi connectivity index (χ1v) is 5.18. The van der Waals surface area contributed by atoms with Crippen molar-refractivity contribution >= 4 is 5.91 Å². The lowest BCUT2D eigenvalue weighted by Gasteiger charge is -2.18. The third-order valence-corrected chi connectivity index (χ3v) is 2.88. The topological polar surface area (TPSA) is 55.1 Å². The molecular formula is C10H20N2O. The molecule has 0 aromatic heterocycles. The van der Waals surface area contributed by atoms with Crippen LogP contribution in [-0.2, 0) is 4.79 Å². The van der Waals surface area contributed by atoms with E-state index in [1.807, 2.05) is 6.92 Å². The lowest BCUT2D eigenvalue weighted by atomic mass is 10.1. The van der Waals surface area contributed by atoms with Gasteiger partial charge in [0.2, 0.25) is 5.91 Å². The molecule has 0 heterocycles. The minimum atomic E-state index is -0.220. The van der Waals surface area contributed by atoms with Gasteiger partial charge in [-0.2, -0.15) is 0 Å². The van der Waals surface area contributed by atoms with Gasteiger partial charge in [0, 0.05) is 6.04 Å². The van der Waals surface area contributed by atoms with E-state index in [9.17, 15) is 4.79 Å². The summed E-state index contributed by atoms with van der Waals surface area (Å²) in [6, 6.07) is 0.378. The molecule has 3 atom stereocenters. The predicted molar refractivity (Wildman–Crippen MR) is 53.2 cm³/mol. The normalized spacial score (nSPS) is 30.3. The molecule has 0 spiro atoms. The van der Waals surface area contributed by atoms with Gasteiger partial charge in [-0.25, -0.2) is 0 Å². The monoisotopic (exact) mass is 184 g/mol. The number of rotatable bonds is 4. The maximum atomic E-state index is 11.0. The van der Waals surface area contributed by atoms with Crippen LogP contribution in [0.2, 0.25) is 0 Å². The summed E-state index contributed by atoms with van der Waals surface area (Å²) in [4.78, 5) is 11.0. The Morgan fingerprint density at radius 1 is 1.62 bits per heavy atom. The van der Waals surface area contributed by atoms with Crippen LogP contribution in [0.25, 0.3) is 0 Å². The van der Waals surface area contributed by atoms with E-state index in [0.717, 1.165) is 12.3 Å². The summed E-state index contributed by atoms with van der Waals surface area (Å²) < 4.78 is 0. The van der Waals surface area contributed by atoms with Crippen LogP contribution in [0.15, 0.2) is 0 Å². The summed E-state index contributed by atoms with van der Waals surface area (Å²) in [5, 5.41) is 3.32. The van der Waals surface area contributed by atoms with Gasteiger partial charge in [0.15, 0.2) is 0 Å². The zero-order chi connectivity index (χ0) is 9.84. The molecule has 76 valence electrons. The van der Waals surface area contributed by atoms with Gasteiger partial charge in [-0.05, 0) is 31.6 Å². The average molecular weight is 184 g/mol. The van der Waals surface area contributed by atoms with E-state index in [-0.39, 0.29) is 11.9 Å². The van der Waals surface area contributed by atoms with Gasteiger partial charge in [-0.15, -0.1) is 0 Å². The maximum Gasteiger partial charge on any atom is 0.234 e. The molecule has 1 amide bonds. The standard InChI is InChI=1S/C10H20N2O/c1-3-9(10(11)13)12-8-5-4-7(2)6-8/h7-9,12H,3-6H2,1-2H3,(H2,11,13). The first-order valence-electron chi connectivity index (χ1n) is 5.18. The van der Waals surface area contributed by atoms with Gasteiger partial charge in [0.1, 0.15) is 0 Å². The summed E-state index contributed by atoms with van der Waals surface area (Å²) in [5.74, 6) is 0.574. The quantitative estimate of drug-likeness (QED) is 0.685. The smallest absolute Gasteiger partial charge is 0.234 e. The number of hydrogen-bond acceptors (Lipinski definition) is 2. The van der Waals surface area contributed by atoms with Crippen LogP contribution in [0, 0.1) is 5.92 Å². The Morgan fingerprint density at radius 2 is 2.31 bits per heavy atom. The molecule has 0 aromatic rings. The van der Waals surface area contributed by atoms with E-state index in [0.29, 0.717) is 6.04 Å². The number of carbonyl (C=O) groups excluding carboxylic acids is 1. The van der Waals surface area contributed by atoms with Crippen LogP contribution in [0.3, 0.4) is 0 Å². The average Bonchev–Trinajstić information content (AvgIpc) is 2.46. The maximum absolute atomic E-state index is 11.0. The van der Waals surface area contributed by atoms with E-state index in [1.54, 1.807) is 0 Å². The van der Waals surface area contributed by atoms with Gasteiger partial charge in [-0.3, -0.25) is 4.79 Å². The second-order valence-corrected chi connectivity index (χ2v) is 4.15. The highest BCUT2D eigenvalue weighted by atomic mass is 16.1. The van der Waals surface area contributed by atoms with E-state index in [1.165, 1.54) is 19.3 Å². The number of primary amides is 1. The van der Waals surface area contributed by atoms with Gasteiger partial charge < -0.3 is 11.1 Å². The highest BCUT2D eigenvalue weighted by Gasteiger charge is 2.24. The van der Waals surface area contributed by atoms with Crippen molar-refractivity contribution in [2.75, 3.05) is 0 Å². The zero-order valence-corrected chi connectivity index (χ0v) is 8.55. The van der Waals surface area contributed by atoms with Gasteiger partial charge in [-0.1, -0.05) is 13.8 Å². The third kappa shape index (κ3) is 2.99. The Kier molecular flexibility index (Phi) is 3.72. The van der Waals surface area contributed by atoms with Gasteiger partial charge in [0.25, 0.3) is 0 Å². The van der Waals surface area contributed by atoms with Crippen LogP contribution in [0.4, 0.5) is 0 Å². The van der Waals surface area contributed by atoms with Crippen molar-refractivity contribution in [3.05, 3.63) is 0 Å². The second kappa shape index (κ2) is 4.61. The molecule has 1 rings (SSSR count). The van der Waals surface area contributed by atoms with Gasteiger partial charge in [0.05, 0.1) is 6.04 Å². The van der Waals surface area contributed by atoms with E-state index in [2.05, 4.69) is 12.2 Å². The fraction of sp³-hybridized carbons (Fsp3) is 0.900. The Bertz CT molecular complexity index is 182. The molecule has 1 aliphatic rings. The Labute approximate surface area is 80.1 Å². The van der Waals surface area contributed by atoms with Crippen LogP contribution in [-0.4, -0.2) is 18.0 Å². The van der Waals surface area contributed by atoms with Crippen LogP contribution < -0.4 is 11.1 Å². The van der Waals surface area contributed by atoms with Crippen molar-refractivity contribution < 1.29 is 4.79 Å². The zero-order valence-electron chi connectivity index (χ0n) is 8.55. The summed E-state index contributed by atoms with van der Waals surface area (Å²) in [5.41, 5.74) is 5.26. The Balaban J connectivity index is 2.34. The molecule has 0 saturated heterocycles. The second-order valence-electron chi connectivity index (χ2n) is 4.15. The lowest BCUT2D eigenvalue weighted by Crippen LogP contribution is -2.45. The predicted octanol–water partition coefficient (Wildman–Crippen LogP) is 1.03. The highest BCUT2D eigenvalue weighted by molar-refractivity contribution is 5.79. The number of hydrogen-bond donors (Lipinski definition) is 2. The van der Waals surface area contributed by atoms with Gasteiger partial charge >= 0.3 is 0 Å². The van der Waals surface area contributed by atoms with Crippen molar-refractivity contribution in [1.82, 2.24) is 5.32 Å². The molecule has 1 fully saturated rings. The minimum Gasteiger partial charge on any atom is -0.368 e. The largest absolute Gasteiger partial charge is 0.368 e. The molecule has 0 aromatic carbocycles. The van der Waals surface area contributed by atoms with E-state index in [4.69, 9.17) is 5.73 Å². The molecule has 0 bridgehead atoms. The van der Waals surface area contributed by atoms with Crippen LogP contribution >= 0.6 is 0 Å². The summed E-state index contributed by atoms with van der Waals surface area (Å²) in [6.45, 7) is 4.24. The van der Waals surface area contributed by atoms with E-state index < -0.39 is 0 Å². The van der Waals surface area contributed by atoms with E-state index >= 15 is 0 Å². The first-order chi connectivity index (χ1) is 6.13. The Morgan fingerprint density at radius 3 is 2.69 bits per heavy atom. The SMILES string of the molecule is CCC(NC1CCC(C)C1)C(N)=O. The number of nitrogens with one attached hydrogen (secondary N) is 1. The number of carbonyl (C=O) groups is 1. The third-order valence-electron chi connectivity index (χ3n) is 2.88. The summed E-state index contributed by atoms with van der Waals surface area (Å²) in [7, 11) is 0. The fourth-order valence-electron chi connectivity index (χ4n) is 2.04. The van der Waals surface area contributed by atoms with Crippen molar-refractivity contribution in [3.8, 4) is 0 Å². The first kappa shape index (κ1) is 10.5. The molecule has 0 radical (unpaired) electrons. The molecule has 1 saturated carbocycles. The van der Waals surface area contributed by atoms with Crippen molar-refractivity contribution in [2.24, 2.45) is 11.7 Å². The molecule has 3 N–H and O–H groups in total. The number of nitrogens with two attached hydrogens (primary N) is 1. The van der Waals surface area contributed by atoms with Crippen LogP contribution in [0.5, 0.6) is 0 Å². The molecule has 3 heteroatoms. The van der Waals surface area contributed by atoms with Crippen molar-refractivity contribution in [1.29, 1.82) is 0 Å². The molecule has 3 unspecified atom stereocenters. The van der Waals surface area contributed by atoms with Crippen LogP contribution in [0.1, 0.15) is 39.5 Å². The lowest BCUT2D eigenvalue weighted by molar-refractivity contribution is -0.120. The van der Waals surface area contributed by atoms with Crippen molar-refractivity contribution in [3.63, 3.8) is 0 Å². The summed E-state index contributed by atoms with van der Waals surface area (Å²) >= 11 is 0. The minimum absolute atomic E-state index is 0.129. The summed E-state index contributed by atoms with van der Waals surface area (Å²) in [6.07, 6.45) is 4.43. The Hall–Kier alpha value is -0.570. The molecule has 0 aliphatic heterocycles. The molecule has 3 nitrogen and oxygen atoms in total. The molecule has 1 aliphatic carbocycles. The number of amides is 1. The fourth-order valence-corrected chi connectivity index (χ4v) is 2.04. The molecular weight excluding hydrogens is 164 g/mol. The van der Waals surface area contributed by atoms with Crippen molar-refractivity contribution in [2.45, 2.75) is 51.6 Å². The molecule has 13 heavy (non-hydrogen) atoms.